The summed E-state index contributed by atoms with van der Waals surface area (Å²) in [6, 6.07) is -0.152. The highest BCUT2D eigenvalue weighted by Crippen LogP contribution is 2.10. The van der Waals surface area contributed by atoms with Crippen LogP contribution in [-0.4, -0.2) is 61.1 Å². The zero-order chi connectivity index (χ0) is 13.0. The summed E-state index contributed by atoms with van der Waals surface area (Å²) in [7, 11) is 1.36. The molecule has 0 bridgehead atoms. The van der Waals surface area contributed by atoms with Crippen molar-refractivity contribution in [2.24, 2.45) is 11.7 Å². The van der Waals surface area contributed by atoms with Crippen LogP contribution in [0.25, 0.3) is 0 Å². The molecule has 0 aliphatic carbocycles. The van der Waals surface area contributed by atoms with E-state index in [0.29, 0.717) is 26.2 Å². The summed E-state index contributed by atoms with van der Waals surface area (Å²) in [5, 5.41) is 0. The minimum Gasteiger partial charge on any atom is -0.453 e. The summed E-state index contributed by atoms with van der Waals surface area (Å²) in [5.74, 6) is -0.121. The molecule has 0 spiro atoms. The van der Waals surface area contributed by atoms with Crippen molar-refractivity contribution in [1.82, 2.24) is 9.80 Å². The van der Waals surface area contributed by atoms with Crippen LogP contribution >= 0.6 is 0 Å². The van der Waals surface area contributed by atoms with Crippen molar-refractivity contribution >= 4 is 12.0 Å². The molecule has 2 atom stereocenters. The average molecular weight is 243 g/mol. The predicted molar refractivity (Wildman–Crippen MR) is 63.4 cm³/mol. The number of carbonyl (C=O) groups excluding carboxylic acids is 2. The van der Waals surface area contributed by atoms with Crippen LogP contribution < -0.4 is 5.73 Å². The van der Waals surface area contributed by atoms with E-state index in [4.69, 9.17) is 5.73 Å². The minimum atomic E-state index is -0.336. The first kappa shape index (κ1) is 13.8. The lowest BCUT2D eigenvalue weighted by Gasteiger charge is -2.35. The van der Waals surface area contributed by atoms with Gasteiger partial charge in [0.05, 0.1) is 13.0 Å². The van der Waals surface area contributed by atoms with E-state index in [1.165, 1.54) is 7.11 Å². The third kappa shape index (κ3) is 3.33. The van der Waals surface area contributed by atoms with Crippen molar-refractivity contribution < 1.29 is 14.3 Å². The Bertz CT molecular complexity index is 286. The third-order valence-corrected chi connectivity index (χ3v) is 3.20. The summed E-state index contributed by atoms with van der Waals surface area (Å²) >= 11 is 0. The molecule has 1 aliphatic heterocycles. The summed E-state index contributed by atoms with van der Waals surface area (Å²) < 4.78 is 4.63. The summed E-state index contributed by atoms with van der Waals surface area (Å²) in [4.78, 5) is 26.6. The van der Waals surface area contributed by atoms with Crippen molar-refractivity contribution in [3.05, 3.63) is 0 Å². The molecule has 1 saturated heterocycles. The molecule has 2 N–H and O–H groups in total. The summed E-state index contributed by atoms with van der Waals surface area (Å²) in [6.07, 6.45) is -0.336. The lowest BCUT2D eigenvalue weighted by molar-refractivity contribution is -0.137. The van der Waals surface area contributed by atoms with Crippen molar-refractivity contribution in [1.29, 1.82) is 0 Å². The van der Waals surface area contributed by atoms with Gasteiger partial charge in [0.2, 0.25) is 5.91 Å². The molecular weight excluding hydrogens is 222 g/mol. The molecule has 6 nitrogen and oxygen atoms in total. The lowest BCUT2D eigenvalue weighted by atomic mass is 10.0. The van der Waals surface area contributed by atoms with E-state index >= 15 is 0 Å². The molecule has 0 aromatic carbocycles. The molecule has 1 aliphatic rings. The number of amides is 2. The molecule has 0 aromatic heterocycles. The van der Waals surface area contributed by atoms with Gasteiger partial charge in [-0.2, -0.15) is 0 Å². The van der Waals surface area contributed by atoms with Gasteiger partial charge in [0, 0.05) is 32.2 Å². The normalized spacial score (nSPS) is 19.8. The van der Waals surface area contributed by atoms with Crippen LogP contribution in [0.1, 0.15) is 13.8 Å². The minimum absolute atomic E-state index is 0.0597. The second-order valence-electron chi connectivity index (χ2n) is 4.43. The molecule has 2 amide bonds. The monoisotopic (exact) mass is 243 g/mol. The topological polar surface area (TPSA) is 75.9 Å². The van der Waals surface area contributed by atoms with Gasteiger partial charge in [-0.3, -0.25) is 4.79 Å². The first-order valence-electron chi connectivity index (χ1n) is 5.84. The molecular formula is C11H21N3O3. The van der Waals surface area contributed by atoms with Gasteiger partial charge in [-0.25, -0.2) is 4.79 Å². The van der Waals surface area contributed by atoms with E-state index in [0.717, 1.165) is 0 Å². The fourth-order valence-electron chi connectivity index (χ4n) is 1.75. The zero-order valence-corrected chi connectivity index (χ0v) is 10.7. The van der Waals surface area contributed by atoms with Gasteiger partial charge in [-0.05, 0) is 6.92 Å². The number of rotatable bonds is 2. The molecule has 0 saturated carbocycles. The maximum atomic E-state index is 12.0. The molecule has 0 aromatic rings. The quantitative estimate of drug-likeness (QED) is 0.733. The lowest BCUT2D eigenvalue weighted by Crippen LogP contribution is -2.53. The highest BCUT2D eigenvalue weighted by Gasteiger charge is 2.28. The first-order chi connectivity index (χ1) is 7.97. The number of nitrogens with two attached hydrogens (primary N) is 1. The van der Waals surface area contributed by atoms with Gasteiger partial charge >= 0.3 is 6.09 Å². The third-order valence-electron chi connectivity index (χ3n) is 3.20. The maximum absolute atomic E-state index is 12.0. The highest BCUT2D eigenvalue weighted by molar-refractivity contribution is 5.79. The SMILES string of the molecule is COC(=O)N1CCN(C(=O)C(C)C(C)N)CC1. The number of methoxy groups -OCH3 is 1. The van der Waals surface area contributed by atoms with Gasteiger partial charge in [0.25, 0.3) is 0 Å². The van der Waals surface area contributed by atoms with Gasteiger partial charge in [-0.1, -0.05) is 6.92 Å². The Morgan fingerprint density at radius 1 is 1.12 bits per heavy atom. The zero-order valence-electron chi connectivity index (χ0n) is 10.7. The van der Waals surface area contributed by atoms with Crippen LogP contribution in [0, 0.1) is 5.92 Å². The number of nitrogens with zero attached hydrogens (tertiary/aromatic N) is 2. The molecule has 6 heteroatoms. The Morgan fingerprint density at radius 3 is 2.00 bits per heavy atom. The van der Waals surface area contributed by atoms with E-state index in [-0.39, 0.29) is 24.0 Å². The summed E-state index contributed by atoms with van der Waals surface area (Å²) in [5.41, 5.74) is 5.71. The van der Waals surface area contributed by atoms with E-state index in [9.17, 15) is 9.59 Å². The standard InChI is InChI=1S/C11H21N3O3/c1-8(9(2)12)10(15)13-4-6-14(7-5-13)11(16)17-3/h8-9H,4-7,12H2,1-3H3. The summed E-state index contributed by atoms with van der Waals surface area (Å²) in [6.45, 7) is 5.79. The Balaban J connectivity index is 2.47. The molecule has 1 heterocycles. The predicted octanol–water partition coefficient (Wildman–Crippen LogP) is -0.120. The fraction of sp³-hybridized carbons (Fsp3) is 0.818. The number of ether oxygens (including phenoxy) is 1. The van der Waals surface area contributed by atoms with Crippen molar-refractivity contribution in [3.63, 3.8) is 0 Å². The van der Waals surface area contributed by atoms with Crippen LogP contribution in [0.2, 0.25) is 0 Å². The number of hydrogen-bond donors (Lipinski definition) is 1. The largest absolute Gasteiger partial charge is 0.453 e. The maximum Gasteiger partial charge on any atom is 0.409 e. The number of carbonyl (C=O) groups is 2. The molecule has 2 unspecified atom stereocenters. The van der Waals surface area contributed by atoms with Gasteiger partial charge in [-0.15, -0.1) is 0 Å². The van der Waals surface area contributed by atoms with Crippen molar-refractivity contribution in [2.75, 3.05) is 33.3 Å². The van der Waals surface area contributed by atoms with Crippen LogP contribution in [0.3, 0.4) is 0 Å². The smallest absolute Gasteiger partial charge is 0.409 e. The van der Waals surface area contributed by atoms with Gasteiger partial charge in [0.1, 0.15) is 0 Å². The average Bonchev–Trinajstić information content (AvgIpc) is 2.36. The van der Waals surface area contributed by atoms with Crippen molar-refractivity contribution in [2.45, 2.75) is 19.9 Å². The Labute approximate surface area is 102 Å². The second kappa shape index (κ2) is 5.86. The molecule has 0 radical (unpaired) electrons. The van der Waals surface area contributed by atoms with E-state index < -0.39 is 0 Å². The Kier molecular flexibility index (Phi) is 4.74. The van der Waals surface area contributed by atoms with E-state index in [1.807, 2.05) is 13.8 Å². The van der Waals surface area contributed by atoms with Crippen LogP contribution in [0.5, 0.6) is 0 Å². The van der Waals surface area contributed by atoms with E-state index in [1.54, 1.807) is 9.80 Å². The second-order valence-corrected chi connectivity index (χ2v) is 4.43. The highest BCUT2D eigenvalue weighted by atomic mass is 16.5. The molecule has 1 fully saturated rings. The number of piperazine rings is 1. The van der Waals surface area contributed by atoms with Crippen LogP contribution in [0.15, 0.2) is 0 Å². The molecule has 98 valence electrons. The Morgan fingerprint density at radius 2 is 1.59 bits per heavy atom. The Hall–Kier alpha value is -1.30. The van der Waals surface area contributed by atoms with Crippen molar-refractivity contribution in [3.8, 4) is 0 Å². The fourth-order valence-corrected chi connectivity index (χ4v) is 1.75. The van der Waals surface area contributed by atoms with Crippen LogP contribution in [0.4, 0.5) is 4.79 Å². The molecule has 1 rings (SSSR count). The van der Waals surface area contributed by atoms with Crippen LogP contribution in [-0.2, 0) is 9.53 Å². The number of hydrogen-bond acceptors (Lipinski definition) is 4. The van der Waals surface area contributed by atoms with E-state index in [2.05, 4.69) is 4.74 Å². The first-order valence-corrected chi connectivity index (χ1v) is 5.84. The van der Waals surface area contributed by atoms with Gasteiger partial charge in [0.15, 0.2) is 0 Å². The van der Waals surface area contributed by atoms with Gasteiger partial charge < -0.3 is 20.3 Å². The molecule has 17 heavy (non-hydrogen) atoms.